The second-order valence-electron chi connectivity index (χ2n) is 4.46. The van der Waals surface area contributed by atoms with Crippen molar-refractivity contribution < 1.29 is 8.42 Å². The van der Waals surface area contributed by atoms with Crippen molar-refractivity contribution in [3.05, 3.63) is 33.1 Å². The SMILES string of the molecule is CNCc1csc(S(=O)(=O)NC(C)c2ncc(C)s2)c1. The third-order valence-corrected chi connectivity index (χ3v) is 6.74. The lowest BCUT2D eigenvalue weighted by molar-refractivity contribution is 0.568. The van der Waals surface area contributed by atoms with Gasteiger partial charge in [0.25, 0.3) is 10.0 Å². The molecule has 0 aliphatic heterocycles. The molecule has 2 aromatic rings. The Kier molecular flexibility index (Phi) is 4.92. The minimum absolute atomic E-state index is 0.325. The minimum atomic E-state index is -3.49. The molecule has 0 aromatic carbocycles. The minimum Gasteiger partial charge on any atom is -0.316 e. The second kappa shape index (κ2) is 6.31. The number of thiazole rings is 1. The van der Waals surface area contributed by atoms with Crippen molar-refractivity contribution in [1.82, 2.24) is 15.0 Å². The molecule has 0 bridgehead atoms. The Morgan fingerprint density at radius 1 is 1.45 bits per heavy atom. The summed E-state index contributed by atoms with van der Waals surface area (Å²) in [5.41, 5.74) is 0.968. The van der Waals surface area contributed by atoms with Gasteiger partial charge in [-0.2, -0.15) is 0 Å². The lowest BCUT2D eigenvalue weighted by atomic mass is 10.3. The van der Waals surface area contributed by atoms with Gasteiger partial charge < -0.3 is 5.32 Å². The number of nitrogens with zero attached hydrogens (tertiary/aromatic N) is 1. The van der Waals surface area contributed by atoms with Crippen LogP contribution in [0.15, 0.2) is 21.9 Å². The van der Waals surface area contributed by atoms with Gasteiger partial charge in [0.1, 0.15) is 9.22 Å². The van der Waals surface area contributed by atoms with Gasteiger partial charge in [-0.1, -0.05) is 0 Å². The maximum Gasteiger partial charge on any atom is 0.250 e. The summed E-state index contributed by atoms with van der Waals surface area (Å²) in [7, 11) is -1.66. The molecule has 1 unspecified atom stereocenters. The van der Waals surface area contributed by atoms with E-state index in [0.29, 0.717) is 10.8 Å². The third-order valence-electron chi connectivity index (χ3n) is 2.62. The fourth-order valence-corrected chi connectivity index (χ4v) is 4.99. The lowest BCUT2D eigenvalue weighted by Crippen LogP contribution is -2.26. The van der Waals surface area contributed by atoms with Gasteiger partial charge in [-0.3, -0.25) is 0 Å². The van der Waals surface area contributed by atoms with Crippen molar-refractivity contribution in [2.45, 2.75) is 30.6 Å². The quantitative estimate of drug-likeness (QED) is 0.852. The number of sulfonamides is 1. The first kappa shape index (κ1) is 15.6. The molecule has 0 saturated heterocycles. The Morgan fingerprint density at radius 2 is 2.20 bits per heavy atom. The number of hydrogen-bond donors (Lipinski definition) is 2. The van der Waals surface area contributed by atoms with Crippen LogP contribution in [0.4, 0.5) is 0 Å². The lowest BCUT2D eigenvalue weighted by Gasteiger charge is -2.10. The summed E-state index contributed by atoms with van der Waals surface area (Å²) in [5, 5.41) is 5.63. The van der Waals surface area contributed by atoms with E-state index >= 15 is 0 Å². The van der Waals surface area contributed by atoms with Crippen LogP contribution in [-0.4, -0.2) is 20.4 Å². The van der Waals surface area contributed by atoms with E-state index in [2.05, 4.69) is 15.0 Å². The Labute approximate surface area is 127 Å². The molecule has 8 heteroatoms. The van der Waals surface area contributed by atoms with Crippen LogP contribution < -0.4 is 10.0 Å². The van der Waals surface area contributed by atoms with Gasteiger partial charge in [-0.25, -0.2) is 18.1 Å². The van der Waals surface area contributed by atoms with Crippen LogP contribution in [0.25, 0.3) is 0 Å². The maximum atomic E-state index is 12.3. The van der Waals surface area contributed by atoms with Crippen molar-refractivity contribution in [2.75, 3.05) is 7.05 Å². The molecule has 1 atom stereocenters. The zero-order valence-electron chi connectivity index (χ0n) is 11.5. The normalized spacial score (nSPS) is 13.6. The van der Waals surface area contributed by atoms with Gasteiger partial charge >= 0.3 is 0 Å². The van der Waals surface area contributed by atoms with E-state index in [1.807, 2.05) is 19.4 Å². The van der Waals surface area contributed by atoms with Crippen molar-refractivity contribution in [3.8, 4) is 0 Å². The van der Waals surface area contributed by atoms with Crippen LogP contribution in [0.1, 0.15) is 28.4 Å². The van der Waals surface area contributed by atoms with E-state index in [-0.39, 0.29) is 6.04 Å². The molecular weight excluding hydrogens is 314 g/mol. The summed E-state index contributed by atoms with van der Waals surface area (Å²) in [6, 6.07) is 1.37. The molecule has 0 saturated carbocycles. The molecule has 0 amide bonds. The molecule has 5 nitrogen and oxygen atoms in total. The first-order valence-corrected chi connectivity index (χ1v) is 9.27. The predicted octanol–water partition coefficient (Wildman–Crippen LogP) is 2.27. The van der Waals surface area contributed by atoms with E-state index < -0.39 is 10.0 Å². The summed E-state index contributed by atoms with van der Waals surface area (Å²) in [6.45, 7) is 4.41. The Morgan fingerprint density at radius 3 is 2.80 bits per heavy atom. The average Bonchev–Trinajstić information content (AvgIpc) is 2.98. The molecule has 0 fully saturated rings. The molecule has 0 aliphatic carbocycles. The fraction of sp³-hybridized carbons (Fsp3) is 0.417. The van der Waals surface area contributed by atoms with Crippen molar-refractivity contribution >= 4 is 32.7 Å². The maximum absolute atomic E-state index is 12.3. The monoisotopic (exact) mass is 331 g/mol. The fourth-order valence-electron chi connectivity index (χ4n) is 1.70. The van der Waals surface area contributed by atoms with Crippen molar-refractivity contribution in [1.29, 1.82) is 0 Å². The third kappa shape index (κ3) is 3.64. The molecule has 2 aromatic heterocycles. The zero-order valence-corrected chi connectivity index (χ0v) is 14.0. The molecule has 2 N–H and O–H groups in total. The number of rotatable bonds is 6. The van der Waals surface area contributed by atoms with E-state index in [9.17, 15) is 8.42 Å². The van der Waals surface area contributed by atoms with Gasteiger partial charge in [0.2, 0.25) is 0 Å². The van der Waals surface area contributed by atoms with Crippen molar-refractivity contribution in [2.24, 2.45) is 0 Å². The van der Waals surface area contributed by atoms with E-state index in [0.717, 1.165) is 15.4 Å². The van der Waals surface area contributed by atoms with Crippen LogP contribution in [0.3, 0.4) is 0 Å². The Bertz CT molecular complexity index is 676. The summed E-state index contributed by atoms with van der Waals surface area (Å²) in [5.74, 6) is 0. The van der Waals surface area contributed by atoms with Gasteiger partial charge in [-0.15, -0.1) is 22.7 Å². The Balaban J connectivity index is 2.13. The number of thiophene rings is 1. The molecule has 0 aliphatic rings. The molecule has 2 rings (SSSR count). The molecule has 20 heavy (non-hydrogen) atoms. The topological polar surface area (TPSA) is 71.1 Å². The number of nitrogens with one attached hydrogen (secondary N) is 2. The van der Waals surface area contributed by atoms with Crippen LogP contribution in [-0.2, 0) is 16.6 Å². The summed E-state index contributed by atoms with van der Waals surface area (Å²) in [4.78, 5) is 5.28. The highest BCUT2D eigenvalue weighted by Gasteiger charge is 2.21. The predicted molar refractivity (Wildman–Crippen MR) is 82.7 cm³/mol. The molecule has 0 spiro atoms. The standard InChI is InChI=1S/C12H17N3O2S3/c1-8-5-14-12(19-8)9(2)15-20(16,17)11-4-10(6-13-3)7-18-11/h4-5,7,9,13,15H,6H2,1-3H3. The molecular formula is C12H17N3O2S3. The summed E-state index contributed by atoms with van der Waals surface area (Å²) < 4.78 is 27.6. The van der Waals surface area contributed by atoms with Crippen molar-refractivity contribution in [3.63, 3.8) is 0 Å². The summed E-state index contributed by atoms with van der Waals surface area (Å²) >= 11 is 2.73. The zero-order chi connectivity index (χ0) is 14.8. The van der Waals surface area contributed by atoms with Gasteiger partial charge in [0.15, 0.2) is 0 Å². The van der Waals surface area contributed by atoms with E-state index in [4.69, 9.17) is 0 Å². The van der Waals surface area contributed by atoms with Gasteiger partial charge in [0.05, 0.1) is 6.04 Å². The van der Waals surface area contributed by atoms with E-state index in [1.165, 1.54) is 22.7 Å². The Hall–Kier alpha value is -0.800. The highest BCUT2D eigenvalue weighted by molar-refractivity contribution is 7.91. The average molecular weight is 331 g/mol. The van der Waals surface area contributed by atoms with Crippen LogP contribution in [0, 0.1) is 6.92 Å². The molecule has 110 valence electrons. The highest BCUT2D eigenvalue weighted by atomic mass is 32.2. The van der Waals surface area contributed by atoms with Gasteiger partial charge in [0, 0.05) is 17.6 Å². The molecule has 0 radical (unpaired) electrons. The van der Waals surface area contributed by atoms with Crippen LogP contribution in [0.2, 0.25) is 0 Å². The van der Waals surface area contributed by atoms with Gasteiger partial charge in [-0.05, 0) is 37.9 Å². The number of hydrogen-bond acceptors (Lipinski definition) is 6. The first-order chi connectivity index (χ1) is 9.42. The smallest absolute Gasteiger partial charge is 0.250 e. The van der Waals surface area contributed by atoms with Crippen LogP contribution in [0.5, 0.6) is 0 Å². The van der Waals surface area contributed by atoms with E-state index in [1.54, 1.807) is 19.2 Å². The number of aryl methyl sites for hydroxylation is 1. The largest absolute Gasteiger partial charge is 0.316 e. The first-order valence-electron chi connectivity index (χ1n) is 6.09. The number of aromatic nitrogens is 1. The molecule has 2 heterocycles. The summed E-state index contributed by atoms with van der Waals surface area (Å²) in [6.07, 6.45) is 1.75. The second-order valence-corrected chi connectivity index (χ2v) is 8.57. The highest BCUT2D eigenvalue weighted by Crippen LogP contribution is 2.24. The van der Waals surface area contributed by atoms with Crippen LogP contribution >= 0.6 is 22.7 Å².